The molecule has 1 aromatic heterocycles. The highest BCUT2D eigenvalue weighted by Gasteiger charge is 2.34. The molecule has 0 atom stereocenters. The van der Waals surface area contributed by atoms with Crippen LogP contribution in [0.3, 0.4) is 0 Å². The van der Waals surface area contributed by atoms with Gasteiger partial charge in [0.2, 0.25) is 0 Å². The summed E-state index contributed by atoms with van der Waals surface area (Å²) in [4.78, 5) is 37.9. The Labute approximate surface area is 150 Å². The summed E-state index contributed by atoms with van der Waals surface area (Å²) in [5.41, 5.74) is 1.85. The molecule has 2 heterocycles. The van der Waals surface area contributed by atoms with E-state index in [1.54, 1.807) is 31.2 Å². The fourth-order valence-electron chi connectivity index (χ4n) is 2.97. The van der Waals surface area contributed by atoms with Gasteiger partial charge in [-0.25, -0.2) is 4.79 Å². The SMILES string of the molecule is CCc1noc(C)c1C(=O)OCCCCN1C(=O)c2ccccc2C1=O. The van der Waals surface area contributed by atoms with E-state index in [0.29, 0.717) is 54.0 Å². The minimum Gasteiger partial charge on any atom is -0.462 e. The van der Waals surface area contributed by atoms with E-state index >= 15 is 0 Å². The summed E-state index contributed by atoms with van der Waals surface area (Å²) >= 11 is 0. The van der Waals surface area contributed by atoms with Gasteiger partial charge in [0.15, 0.2) is 0 Å². The second-order valence-corrected chi connectivity index (χ2v) is 6.06. The molecular weight excluding hydrogens is 336 g/mol. The molecule has 0 bridgehead atoms. The van der Waals surface area contributed by atoms with E-state index in [9.17, 15) is 14.4 Å². The maximum atomic E-state index is 12.2. The lowest BCUT2D eigenvalue weighted by atomic mass is 10.1. The summed E-state index contributed by atoms with van der Waals surface area (Å²) in [7, 11) is 0. The summed E-state index contributed by atoms with van der Waals surface area (Å²) in [6, 6.07) is 6.79. The number of aromatic nitrogens is 1. The number of imide groups is 1. The molecule has 0 radical (unpaired) electrons. The highest BCUT2D eigenvalue weighted by Crippen LogP contribution is 2.22. The molecule has 0 saturated carbocycles. The number of amides is 2. The molecule has 0 aliphatic carbocycles. The second kappa shape index (κ2) is 7.51. The van der Waals surface area contributed by atoms with Gasteiger partial charge >= 0.3 is 5.97 Å². The van der Waals surface area contributed by atoms with Crippen molar-refractivity contribution in [2.75, 3.05) is 13.2 Å². The van der Waals surface area contributed by atoms with E-state index in [1.807, 2.05) is 6.92 Å². The lowest BCUT2D eigenvalue weighted by Gasteiger charge is -2.13. The summed E-state index contributed by atoms with van der Waals surface area (Å²) in [5, 5.41) is 3.83. The van der Waals surface area contributed by atoms with Crippen LogP contribution in [0.15, 0.2) is 28.8 Å². The first-order valence-corrected chi connectivity index (χ1v) is 8.62. The molecule has 136 valence electrons. The molecular formula is C19H20N2O5. The average molecular weight is 356 g/mol. The van der Waals surface area contributed by atoms with Gasteiger partial charge in [0.25, 0.3) is 11.8 Å². The Morgan fingerprint density at radius 3 is 2.42 bits per heavy atom. The van der Waals surface area contributed by atoms with Crippen LogP contribution >= 0.6 is 0 Å². The van der Waals surface area contributed by atoms with Crippen LogP contribution in [-0.4, -0.2) is 41.0 Å². The molecule has 7 nitrogen and oxygen atoms in total. The van der Waals surface area contributed by atoms with Crippen molar-refractivity contribution in [1.29, 1.82) is 0 Å². The molecule has 0 spiro atoms. The number of ether oxygens (including phenoxy) is 1. The quantitative estimate of drug-likeness (QED) is 0.430. The van der Waals surface area contributed by atoms with Crippen LogP contribution in [0.25, 0.3) is 0 Å². The maximum Gasteiger partial charge on any atom is 0.343 e. The predicted octanol–water partition coefficient (Wildman–Crippen LogP) is 2.78. The fraction of sp³-hybridized carbons (Fsp3) is 0.368. The fourth-order valence-corrected chi connectivity index (χ4v) is 2.97. The first-order chi connectivity index (χ1) is 12.5. The summed E-state index contributed by atoms with van der Waals surface area (Å²) in [6.45, 7) is 4.06. The Kier molecular flexibility index (Phi) is 5.16. The number of unbranched alkanes of at least 4 members (excludes halogenated alkanes) is 1. The molecule has 0 unspecified atom stereocenters. The normalized spacial score (nSPS) is 13.2. The van der Waals surface area contributed by atoms with Crippen LogP contribution in [-0.2, 0) is 11.2 Å². The largest absolute Gasteiger partial charge is 0.462 e. The first-order valence-electron chi connectivity index (χ1n) is 8.62. The topological polar surface area (TPSA) is 89.7 Å². The molecule has 1 aliphatic rings. The number of hydrogen-bond acceptors (Lipinski definition) is 6. The van der Waals surface area contributed by atoms with Gasteiger partial charge in [-0.3, -0.25) is 14.5 Å². The van der Waals surface area contributed by atoms with Crippen LogP contribution < -0.4 is 0 Å². The minimum atomic E-state index is -0.457. The van der Waals surface area contributed by atoms with E-state index < -0.39 is 5.97 Å². The molecule has 2 aromatic rings. The van der Waals surface area contributed by atoms with Crippen molar-refractivity contribution in [1.82, 2.24) is 10.1 Å². The van der Waals surface area contributed by atoms with E-state index in [-0.39, 0.29) is 18.4 Å². The maximum absolute atomic E-state index is 12.2. The number of hydrogen-bond donors (Lipinski definition) is 0. The van der Waals surface area contributed by atoms with Crippen molar-refractivity contribution in [2.45, 2.75) is 33.1 Å². The molecule has 2 amide bonds. The van der Waals surface area contributed by atoms with Crippen molar-refractivity contribution < 1.29 is 23.6 Å². The number of carbonyl (C=O) groups excluding carboxylic acids is 3. The van der Waals surface area contributed by atoms with Crippen molar-refractivity contribution in [2.24, 2.45) is 0 Å². The minimum absolute atomic E-state index is 0.204. The molecule has 7 heteroatoms. The number of carbonyl (C=O) groups is 3. The molecule has 26 heavy (non-hydrogen) atoms. The zero-order valence-electron chi connectivity index (χ0n) is 14.8. The predicted molar refractivity (Wildman–Crippen MR) is 91.9 cm³/mol. The van der Waals surface area contributed by atoms with Crippen molar-refractivity contribution >= 4 is 17.8 Å². The Balaban J connectivity index is 1.47. The third-order valence-corrected chi connectivity index (χ3v) is 4.36. The highest BCUT2D eigenvalue weighted by molar-refractivity contribution is 6.21. The Hall–Kier alpha value is -2.96. The van der Waals surface area contributed by atoms with Crippen molar-refractivity contribution in [3.05, 3.63) is 52.4 Å². The van der Waals surface area contributed by atoms with Gasteiger partial charge in [-0.2, -0.15) is 0 Å². The van der Waals surface area contributed by atoms with Crippen LogP contribution in [0.1, 0.15) is 62.3 Å². The molecule has 0 saturated heterocycles. The van der Waals surface area contributed by atoms with Gasteiger partial charge in [-0.15, -0.1) is 0 Å². The number of esters is 1. The summed E-state index contributed by atoms with van der Waals surface area (Å²) in [6.07, 6.45) is 1.69. The van der Waals surface area contributed by atoms with Crippen LogP contribution in [0, 0.1) is 6.92 Å². The van der Waals surface area contributed by atoms with E-state index in [0.717, 1.165) is 0 Å². The van der Waals surface area contributed by atoms with Crippen molar-refractivity contribution in [3.8, 4) is 0 Å². The van der Waals surface area contributed by atoms with E-state index in [2.05, 4.69) is 5.16 Å². The Bertz CT molecular complexity index is 820. The Morgan fingerprint density at radius 2 is 1.81 bits per heavy atom. The van der Waals surface area contributed by atoms with Gasteiger partial charge in [0, 0.05) is 6.54 Å². The molecule has 3 rings (SSSR count). The smallest absolute Gasteiger partial charge is 0.343 e. The standard InChI is InChI=1S/C19H20N2O5/c1-3-15-16(12(2)26-20-15)19(24)25-11-7-6-10-21-17(22)13-8-4-5-9-14(13)18(21)23/h4-5,8-9H,3,6-7,10-11H2,1-2H3. The first kappa shape index (κ1) is 17.8. The number of aryl methyl sites for hydroxylation is 2. The third kappa shape index (κ3) is 3.24. The van der Waals surface area contributed by atoms with Crippen LogP contribution in [0.4, 0.5) is 0 Å². The van der Waals surface area contributed by atoms with Gasteiger partial charge < -0.3 is 9.26 Å². The lowest BCUT2D eigenvalue weighted by Crippen LogP contribution is -2.30. The van der Waals surface area contributed by atoms with Gasteiger partial charge in [-0.05, 0) is 38.3 Å². The van der Waals surface area contributed by atoms with Crippen LogP contribution in [0.5, 0.6) is 0 Å². The third-order valence-electron chi connectivity index (χ3n) is 4.36. The van der Waals surface area contributed by atoms with Gasteiger partial charge in [0.05, 0.1) is 23.4 Å². The molecule has 0 N–H and O–H groups in total. The van der Waals surface area contributed by atoms with Crippen LogP contribution in [0.2, 0.25) is 0 Å². The van der Waals surface area contributed by atoms with Crippen molar-refractivity contribution in [3.63, 3.8) is 0 Å². The zero-order chi connectivity index (χ0) is 18.7. The van der Waals surface area contributed by atoms with Gasteiger partial charge in [-0.1, -0.05) is 24.2 Å². The number of rotatable bonds is 7. The second-order valence-electron chi connectivity index (χ2n) is 6.06. The highest BCUT2D eigenvalue weighted by atomic mass is 16.5. The monoisotopic (exact) mass is 356 g/mol. The number of benzene rings is 1. The van der Waals surface area contributed by atoms with E-state index in [4.69, 9.17) is 9.26 Å². The molecule has 1 aliphatic heterocycles. The molecule has 0 fully saturated rings. The van der Waals surface area contributed by atoms with Gasteiger partial charge in [0.1, 0.15) is 11.3 Å². The average Bonchev–Trinajstić information content (AvgIpc) is 3.14. The van der Waals surface area contributed by atoms with E-state index in [1.165, 1.54) is 4.90 Å². The summed E-state index contributed by atoms with van der Waals surface area (Å²) < 4.78 is 10.3. The molecule has 1 aromatic carbocycles. The summed E-state index contributed by atoms with van der Waals surface area (Å²) in [5.74, 6) is -0.551. The number of fused-ring (bicyclic) bond motifs is 1. The zero-order valence-corrected chi connectivity index (χ0v) is 14.8. The number of nitrogens with zero attached hydrogens (tertiary/aromatic N) is 2. The lowest BCUT2D eigenvalue weighted by molar-refractivity contribution is 0.0482. The Morgan fingerprint density at radius 1 is 1.15 bits per heavy atom.